The Balaban J connectivity index is 1.56. The van der Waals surface area contributed by atoms with E-state index in [9.17, 15) is 9.59 Å². The normalized spacial score (nSPS) is 17.9. The van der Waals surface area contributed by atoms with Crippen molar-refractivity contribution in [3.8, 4) is 0 Å². The van der Waals surface area contributed by atoms with Gasteiger partial charge in [-0.2, -0.15) is 0 Å². The highest BCUT2D eigenvalue weighted by molar-refractivity contribution is 6.01. The molecule has 0 unspecified atom stereocenters. The zero-order valence-corrected chi connectivity index (χ0v) is 18.0. The standard InChI is InChI=1S/C25H32N2O3/c1-3-14-27-15-8-13-23(17-27)21-11-7-12-22(16-21)24(28)19(2)26-25(29)30-18-20-9-5-4-6-10-20/h4-7,9-12,16,19,23H,3,8,13-15,17-18H2,1-2H3,(H,26,29)/t19-,23+/m0/s1. The number of alkyl carbamates (subject to hydrolysis) is 1. The monoisotopic (exact) mass is 408 g/mol. The number of nitrogens with one attached hydrogen (secondary N) is 1. The lowest BCUT2D eigenvalue weighted by atomic mass is 9.88. The number of hydrogen-bond donors (Lipinski definition) is 1. The average Bonchev–Trinajstić information content (AvgIpc) is 2.78. The molecule has 1 heterocycles. The van der Waals surface area contributed by atoms with E-state index in [1.807, 2.05) is 48.5 Å². The molecular formula is C25H32N2O3. The van der Waals surface area contributed by atoms with Crippen LogP contribution in [0.5, 0.6) is 0 Å². The molecule has 160 valence electrons. The molecule has 1 amide bonds. The van der Waals surface area contributed by atoms with Crippen LogP contribution in [0.25, 0.3) is 0 Å². The minimum absolute atomic E-state index is 0.102. The fraction of sp³-hybridized carbons (Fsp3) is 0.440. The lowest BCUT2D eigenvalue weighted by molar-refractivity contribution is 0.0926. The number of likely N-dealkylation sites (tertiary alicyclic amines) is 1. The molecule has 1 fully saturated rings. The Hall–Kier alpha value is -2.66. The number of ether oxygens (including phenoxy) is 1. The number of ketones is 1. The minimum atomic E-state index is -0.647. The maximum absolute atomic E-state index is 12.9. The summed E-state index contributed by atoms with van der Waals surface area (Å²) in [5, 5.41) is 2.65. The molecule has 2 aromatic rings. The smallest absolute Gasteiger partial charge is 0.408 e. The zero-order valence-electron chi connectivity index (χ0n) is 18.0. The summed E-state index contributed by atoms with van der Waals surface area (Å²) < 4.78 is 5.23. The minimum Gasteiger partial charge on any atom is -0.445 e. The molecule has 1 aliphatic heterocycles. The van der Waals surface area contributed by atoms with Gasteiger partial charge >= 0.3 is 6.09 Å². The Kier molecular flexibility index (Phi) is 8.03. The summed E-state index contributed by atoms with van der Waals surface area (Å²) in [4.78, 5) is 27.5. The third kappa shape index (κ3) is 6.17. The van der Waals surface area contributed by atoms with E-state index in [4.69, 9.17) is 4.74 Å². The summed E-state index contributed by atoms with van der Waals surface area (Å²) in [7, 11) is 0. The van der Waals surface area contributed by atoms with Gasteiger partial charge in [-0.1, -0.05) is 55.5 Å². The van der Waals surface area contributed by atoms with E-state index >= 15 is 0 Å². The van der Waals surface area contributed by atoms with E-state index in [1.165, 1.54) is 12.0 Å². The molecule has 2 atom stereocenters. The molecule has 5 nitrogen and oxygen atoms in total. The molecule has 0 aliphatic carbocycles. The van der Waals surface area contributed by atoms with Gasteiger partial charge in [-0.05, 0) is 62.4 Å². The molecule has 0 aromatic heterocycles. The molecule has 3 rings (SSSR count). The highest BCUT2D eigenvalue weighted by atomic mass is 16.5. The Morgan fingerprint density at radius 3 is 2.73 bits per heavy atom. The van der Waals surface area contributed by atoms with Gasteiger partial charge in [0.25, 0.3) is 0 Å². The van der Waals surface area contributed by atoms with Crippen molar-refractivity contribution in [2.45, 2.75) is 51.7 Å². The molecule has 0 radical (unpaired) electrons. The van der Waals surface area contributed by atoms with Crippen molar-refractivity contribution < 1.29 is 14.3 Å². The van der Waals surface area contributed by atoms with Crippen LogP contribution < -0.4 is 5.32 Å². The quantitative estimate of drug-likeness (QED) is 0.639. The van der Waals surface area contributed by atoms with Crippen LogP contribution in [0.2, 0.25) is 0 Å². The summed E-state index contributed by atoms with van der Waals surface area (Å²) in [6.07, 6.45) is 2.92. The number of carbonyl (C=O) groups is 2. The van der Waals surface area contributed by atoms with E-state index in [2.05, 4.69) is 23.2 Å². The second-order valence-corrected chi connectivity index (χ2v) is 8.06. The fourth-order valence-electron chi connectivity index (χ4n) is 4.05. The molecule has 1 aliphatic rings. The van der Waals surface area contributed by atoms with E-state index in [1.54, 1.807) is 6.92 Å². The second-order valence-electron chi connectivity index (χ2n) is 8.06. The van der Waals surface area contributed by atoms with E-state index < -0.39 is 12.1 Å². The third-order valence-electron chi connectivity index (χ3n) is 5.63. The molecular weight excluding hydrogens is 376 g/mol. The van der Waals surface area contributed by atoms with Crippen molar-refractivity contribution in [2.75, 3.05) is 19.6 Å². The second kappa shape index (κ2) is 10.9. The molecule has 0 saturated carbocycles. The fourth-order valence-corrected chi connectivity index (χ4v) is 4.05. The predicted molar refractivity (Wildman–Crippen MR) is 119 cm³/mol. The first kappa shape index (κ1) is 22.0. The third-order valence-corrected chi connectivity index (χ3v) is 5.63. The Labute approximate surface area is 179 Å². The van der Waals surface area contributed by atoms with Gasteiger partial charge in [0, 0.05) is 12.1 Å². The highest BCUT2D eigenvalue weighted by Crippen LogP contribution is 2.27. The summed E-state index contributed by atoms with van der Waals surface area (Å²) >= 11 is 0. The van der Waals surface area contributed by atoms with Crippen molar-refractivity contribution >= 4 is 11.9 Å². The maximum atomic E-state index is 12.9. The van der Waals surface area contributed by atoms with Gasteiger partial charge in [-0.25, -0.2) is 4.79 Å². The van der Waals surface area contributed by atoms with Crippen LogP contribution in [0.15, 0.2) is 54.6 Å². The molecule has 30 heavy (non-hydrogen) atoms. The lowest BCUT2D eigenvalue weighted by Crippen LogP contribution is -2.39. The zero-order chi connectivity index (χ0) is 21.3. The largest absolute Gasteiger partial charge is 0.445 e. The van der Waals surface area contributed by atoms with Crippen molar-refractivity contribution in [1.82, 2.24) is 10.2 Å². The van der Waals surface area contributed by atoms with Crippen LogP contribution in [-0.4, -0.2) is 42.5 Å². The molecule has 1 saturated heterocycles. The number of hydrogen-bond acceptors (Lipinski definition) is 4. The van der Waals surface area contributed by atoms with Crippen molar-refractivity contribution in [2.24, 2.45) is 0 Å². The van der Waals surface area contributed by atoms with Crippen LogP contribution in [0, 0.1) is 0 Å². The van der Waals surface area contributed by atoms with Gasteiger partial charge in [-0.15, -0.1) is 0 Å². The van der Waals surface area contributed by atoms with Crippen molar-refractivity contribution in [3.63, 3.8) is 0 Å². The number of amides is 1. The average molecular weight is 409 g/mol. The summed E-state index contributed by atoms with van der Waals surface area (Å²) in [6.45, 7) is 7.42. The first-order valence-corrected chi connectivity index (χ1v) is 10.9. The Morgan fingerprint density at radius 2 is 1.97 bits per heavy atom. The Bertz CT molecular complexity index is 835. The first-order valence-electron chi connectivity index (χ1n) is 10.9. The summed E-state index contributed by atoms with van der Waals surface area (Å²) in [6, 6.07) is 16.7. The van der Waals surface area contributed by atoms with Crippen LogP contribution >= 0.6 is 0 Å². The number of Topliss-reactive ketones (excluding diaryl/α,β-unsaturated/α-hetero) is 1. The number of piperidine rings is 1. The van der Waals surface area contributed by atoms with Gasteiger partial charge < -0.3 is 15.0 Å². The van der Waals surface area contributed by atoms with Crippen LogP contribution in [0.3, 0.4) is 0 Å². The molecule has 0 spiro atoms. The topological polar surface area (TPSA) is 58.6 Å². The van der Waals surface area contributed by atoms with Gasteiger partial charge in [-0.3, -0.25) is 4.79 Å². The highest BCUT2D eigenvalue weighted by Gasteiger charge is 2.23. The maximum Gasteiger partial charge on any atom is 0.408 e. The lowest BCUT2D eigenvalue weighted by Gasteiger charge is -2.33. The SMILES string of the molecule is CCCN1CCC[C@@H](c2cccc(C(=O)[C@H](C)NC(=O)OCc3ccccc3)c2)C1. The molecule has 2 aromatic carbocycles. The predicted octanol–water partition coefficient (Wildman–Crippen LogP) is 4.77. The number of carbonyl (C=O) groups excluding carboxylic acids is 2. The molecule has 5 heteroatoms. The summed E-state index contributed by atoms with van der Waals surface area (Å²) in [5.41, 5.74) is 2.75. The molecule has 0 bridgehead atoms. The van der Waals surface area contributed by atoms with Crippen LogP contribution in [-0.2, 0) is 11.3 Å². The Morgan fingerprint density at radius 1 is 1.17 bits per heavy atom. The van der Waals surface area contributed by atoms with Gasteiger partial charge in [0.05, 0.1) is 6.04 Å². The van der Waals surface area contributed by atoms with Crippen molar-refractivity contribution in [3.05, 3.63) is 71.3 Å². The number of rotatable bonds is 8. The molecule has 1 N–H and O–H groups in total. The van der Waals surface area contributed by atoms with E-state index in [-0.39, 0.29) is 12.4 Å². The van der Waals surface area contributed by atoms with Crippen molar-refractivity contribution in [1.29, 1.82) is 0 Å². The van der Waals surface area contributed by atoms with Gasteiger partial charge in [0.15, 0.2) is 5.78 Å². The summed E-state index contributed by atoms with van der Waals surface area (Å²) in [5.74, 6) is 0.354. The number of benzene rings is 2. The number of nitrogens with zero attached hydrogens (tertiary/aromatic N) is 1. The van der Waals surface area contributed by atoms with Crippen LogP contribution in [0.1, 0.15) is 60.5 Å². The van der Waals surface area contributed by atoms with E-state index in [0.717, 1.165) is 38.0 Å². The van der Waals surface area contributed by atoms with Gasteiger partial charge in [0.1, 0.15) is 6.61 Å². The van der Waals surface area contributed by atoms with Crippen LogP contribution in [0.4, 0.5) is 4.79 Å². The first-order chi connectivity index (χ1) is 14.6. The van der Waals surface area contributed by atoms with E-state index in [0.29, 0.717) is 11.5 Å². The van der Waals surface area contributed by atoms with Gasteiger partial charge in [0.2, 0.25) is 0 Å².